The second kappa shape index (κ2) is 5.40. The number of halogens is 1. The van der Waals surface area contributed by atoms with Crippen molar-refractivity contribution in [2.75, 3.05) is 13.7 Å². The number of ether oxygens (including phenoxy) is 2. The van der Waals surface area contributed by atoms with Crippen molar-refractivity contribution >= 4 is 22.4 Å². The van der Waals surface area contributed by atoms with Gasteiger partial charge in [-0.15, -0.1) is 11.6 Å². The average molecular weight is 277 g/mol. The number of hydrogen-bond donors (Lipinski definition) is 0. The normalized spacial score (nSPS) is 20.6. The highest BCUT2D eigenvalue weighted by Crippen LogP contribution is 2.38. The number of benzene rings is 2. The highest BCUT2D eigenvalue weighted by molar-refractivity contribution is 6.22. The van der Waals surface area contributed by atoms with Crippen LogP contribution in [0.1, 0.15) is 23.8 Å². The van der Waals surface area contributed by atoms with Gasteiger partial charge >= 0.3 is 0 Å². The molecule has 2 atom stereocenters. The van der Waals surface area contributed by atoms with Crippen LogP contribution in [-0.2, 0) is 4.74 Å². The van der Waals surface area contributed by atoms with Crippen LogP contribution in [0, 0.1) is 0 Å². The summed E-state index contributed by atoms with van der Waals surface area (Å²) in [6.45, 7) is 0.821. The molecule has 0 aromatic heterocycles. The zero-order valence-electron chi connectivity index (χ0n) is 10.9. The highest BCUT2D eigenvalue weighted by atomic mass is 35.5. The van der Waals surface area contributed by atoms with Gasteiger partial charge in [0.2, 0.25) is 0 Å². The minimum Gasteiger partial charge on any atom is -0.496 e. The Morgan fingerprint density at radius 2 is 2.00 bits per heavy atom. The topological polar surface area (TPSA) is 18.5 Å². The summed E-state index contributed by atoms with van der Waals surface area (Å²) in [5.41, 5.74) is 1.13. The van der Waals surface area contributed by atoms with Crippen LogP contribution in [0.4, 0.5) is 0 Å². The summed E-state index contributed by atoms with van der Waals surface area (Å²) in [5.74, 6) is 0.885. The first-order valence-electron chi connectivity index (χ1n) is 6.62. The van der Waals surface area contributed by atoms with Gasteiger partial charge in [0.15, 0.2) is 0 Å². The average Bonchev–Trinajstić information content (AvgIpc) is 2.99. The van der Waals surface area contributed by atoms with Crippen LogP contribution in [0.25, 0.3) is 10.8 Å². The maximum absolute atomic E-state index is 6.62. The maximum atomic E-state index is 6.62. The summed E-state index contributed by atoms with van der Waals surface area (Å²) in [6.07, 6.45) is 2.26. The Kier molecular flexibility index (Phi) is 3.63. The predicted octanol–water partition coefficient (Wildman–Crippen LogP) is 4.31. The third-order valence-corrected chi connectivity index (χ3v) is 4.24. The molecule has 0 spiro atoms. The van der Waals surface area contributed by atoms with E-state index < -0.39 is 0 Å². The molecular weight excluding hydrogens is 260 g/mol. The molecule has 2 aromatic carbocycles. The molecule has 2 aromatic rings. The van der Waals surface area contributed by atoms with E-state index in [2.05, 4.69) is 18.2 Å². The maximum Gasteiger partial charge on any atom is 0.126 e. The lowest BCUT2D eigenvalue weighted by Gasteiger charge is -2.19. The molecule has 1 aliphatic rings. The van der Waals surface area contributed by atoms with Gasteiger partial charge in [-0.05, 0) is 29.9 Å². The zero-order chi connectivity index (χ0) is 13.2. The third kappa shape index (κ3) is 2.31. The van der Waals surface area contributed by atoms with E-state index in [1.54, 1.807) is 7.11 Å². The Labute approximate surface area is 118 Å². The quantitative estimate of drug-likeness (QED) is 0.778. The van der Waals surface area contributed by atoms with E-state index in [1.807, 2.05) is 18.2 Å². The number of rotatable bonds is 3. The van der Waals surface area contributed by atoms with E-state index in [-0.39, 0.29) is 11.5 Å². The molecule has 0 N–H and O–H groups in total. The molecule has 0 amide bonds. The minimum absolute atomic E-state index is 0.0988. The van der Waals surface area contributed by atoms with E-state index in [0.717, 1.165) is 41.5 Å². The number of fused-ring (bicyclic) bond motifs is 1. The Bertz CT molecular complexity index is 576. The van der Waals surface area contributed by atoms with Gasteiger partial charge in [0, 0.05) is 12.0 Å². The fraction of sp³-hybridized carbons (Fsp3) is 0.375. The Balaban J connectivity index is 2.08. The first-order chi connectivity index (χ1) is 9.31. The first-order valence-corrected chi connectivity index (χ1v) is 7.06. The molecule has 3 heteroatoms. The summed E-state index contributed by atoms with van der Waals surface area (Å²) in [6, 6.07) is 12.3. The Morgan fingerprint density at radius 1 is 1.21 bits per heavy atom. The van der Waals surface area contributed by atoms with Gasteiger partial charge in [-0.3, -0.25) is 0 Å². The van der Waals surface area contributed by atoms with Crippen LogP contribution < -0.4 is 4.74 Å². The molecule has 2 unspecified atom stereocenters. The van der Waals surface area contributed by atoms with Gasteiger partial charge in [-0.2, -0.15) is 0 Å². The second-order valence-electron chi connectivity index (χ2n) is 4.86. The monoisotopic (exact) mass is 276 g/mol. The number of alkyl halides is 1. The molecule has 1 saturated heterocycles. The molecule has 0 bridgehead atoms. The van der Waals surface area contributed by atoms with Gasteiger partial charge in [-0.25, -0.2) is 0 Å². The van der Waals surface area contributed by atoms with Crippen molar-refractivity contribution in [2.24, 2.45) is 0 Å². The van der Waals surface area contributed by atoms with Gasteiger partial charge in [0.1, 0.15) is 5.75 Å². The van der Waals surface area contributed by atoms with Crippen LogP contribution in [0.5, 0.6) is 5.75 Å². The zero-order valence-corrected chi connectivity index (χ0v) is 11.7. The Morgan fingerprint density at radius 3 is 2.68 bits per heavy atom. The second-order valence-corrected chi connectivity index (χ2v) is 5.33. The predicted molar refractivity (Wildman–Crippen MR) is 78.1 cm³/mol. The van der Waals surface area contributed by atoms with Crippen molar-refractivity contribution in [3.63, 3.8) is 0 Å². The van der Waals surface area contributed by atoms with Gasteiger partial charge in [0.05, 0.1) is 18.6 Å². The van der Waals surface area contributed by atoms with Gasteiger partial charge < -0.3 is 9.47 Å². The third-order valence-electron chi connectivity index (χ3n) is 3.73. The van der Waals surface area contributed by atoms with E-state index >= 15 is 0 Å². The van der Waals surface area contributed by atoms with Crippen LogP contribution in [-0.4, -0.2) is 19.8 Å². The summed E-state index contributed by atoms with van der Waals surface area (Å²) >= 11 is 6.62. The lowest BCUT2D eigenvalue weighted by molar-refractivity contribution is 0.108. The summed E-state index contributed by atoms with van der Waals surface area (Å²) < 4.78 is 11.1. The standard InChI is InChI=1S/C16H17ClO2/c1-18-14-9-8-13(11-5-2-3-6-12(11)14)16(17)15-7-4-10-19-15/h2-3,5-6,8-9,15-16H,4,7,10H2,1H3. The van der Waals surface area contributed by atoms with Crippen LogP contribution in [0.15, 0.2) is 36.4 Å². The van der Waals surface area contributed by atoms with E-state index in [9.17, 15) is 0 Å². The fourth-order valence-corrected chi connectivity index (χ4v) is 3.14. The number of hydrogen-bond acceptors (Lipinski definition) is 2. The summed E-state index contributed by atoms with van der Waals surface area (Å²) in [5, 5.41) is 2.15. The first kappa shape index (κ1) is 12.8. The highest BCUT2D eigenvalue weighted by Gasteiger charge is 2.27. The van der Waals surface area contributed by atoms with E-state index in [0.29, 0.717) is 0 Å². The smallest absolute Gasteiger partial charge is 0.126 e. The molecular formula is C16H17ClO2. The fourth-order valence-electron chi connectivity index (χ4n) is 2.75. The SMILES string of the molecule is COc1ccc(C(Cl)C2CCCO2)c2ccccc12. The van der Waals surface area contributed by atoms with Crippen molar-refractivity contribution in [1.29, 1.82) is 0 Å². The van der Waals surface area contributed by atoms with Crippen molar-refractivity contribution in [1.82, 2.24) is 0 Å². The van der Waals surface area contributed by atoms with Crippen LogP contribution in [0.2, 0.25) is 0 Å². The van der Waals surface area contributed by atoms with Crippen molar-refractivity contribution in [2.45, 2.75) is 24.3 Å². The molecule has 0 saturated carbocycles. The number of methoxy groups -OCH3 is 1. The van der Waals surface area contributed by atoms with Crippen LogP contribution in [0.3, 0.4) is 0 Å². The van der Waals surface area contributed by atoms with Crippen LogP contribution >= 0.6 is 11.6 Å². The molecule has 1 fully saturated rings. The van der Waals surface area contributed by atoms with Gasteiger partial charge in [0.25, 0.3) is 0 Å². The molecule has 1 aliphatic heterocycles. The van der Waals surface area contributed by atoms with Crippen molar-refractivity contribution < 1.29 is 9.47 Å². The molecule has 3 rings (SSSR count). The molecule has 0 aliphatic carbocycles. The molecule has 1 heterocycles. The van der Waals surface area contributed by atoms with Crippen molar-refractivity contribution in [3.8, 4) is 5.75 Å². The minimum atomic E-state index is -0.0988. The Hall–Kier alpha value is -1.25. The van der Waals surface area contributed by atoms with E-state index in [4.69, 9.17) is 21.1 Å². The molecule has 100 valence electrons. The molecule has 19 heavy (non-hydrogen) atoms. The summed E-state index contributed by atoms with van der Waals surface area (Å²) in [4.78, 5) is 0. The van der Waals surface area contributed by atoms with Gasteiger partial charge in [-0.1, -0.05) is 30.3 Å². The molecule has 2 nitrogen and oxygen atoms in total. The van der Waals surface area contributed by atoms with E-state index in [1.165, 1.54) is 0 Å². The largest absolute Gasteiger partial charge is 0.496 e. The lowest BCUT2D eigenvalue weighted by Crippen LogP contribution is -2.13. The summed E-state index contributed by atoms with van der Waals surface area (Å²) in [7, 11) is 1.69. The molecule has 0 radical (unpaired) electrons. The van der Waals surface area contributed by atoms with Crippen molar-refractivity contribution in [3.05, 3.63) is 42.0 Å². The lowest BCUT2D eigenvalue weighted by atomic mass is 9.97.